The Kier molecular flexibility index (Phi) is 2.43. The summed E-state index contributed by atoms with van der Waals surface area (Å²) < 4.78 is 4.39. The van der Waals surface area contributed by atoms with Crippen LogP contribution in [0.4, 0.5) is 0 Å². The summed E-state index contributed by atoms with van der Waals surface area (Å²) in [6, 6.07) is 6.82. The SMILES string of the molecule is O=c1[nH]cc(-c2ccccc2Cl)c(=O)o1. The van der Waals surface area contributed by atoms with E-state index in [1.54, 1.807) is 24.3 Å². The molecule has 4 nitrogen and oxygen atoms in total. The van der Waals surface area contributed by atoms with Gasteiger partial charge in [0.1, 0.15) is 0 Å². The average molecular weight is 224 g/mol. The fourth-order valence-corrected chi connectivity index (χ4v) is 1.46. The van der Waals surface area contributed by atoms with Crippen molar-refractivity contribution >= 4 is 11.6 Å². The minimum absolute atomic E-state index is 0.236. The molecule has 76 valence electrons. The fraction of sp³-hybridized carbons (Fsp3) is 0. The smallest absolute Gasteiger partial charge is 0.372 e. The molecule has 1 heterocycles. The Balaban J connectivity index is 2.70. The third-order valence-corrected chi connectivity index (χ3v) is 2.23. The molecule has 0 amide bonds. The van der Waals surface area contributed by atoms with Crippen molar-refractivity contribution in [1.29, 1.82) is 0 Å². The Labute approximate surface area is 89.1 Å². The third kappa shape index (κ3) is 1.85. The summed E-state index contributed by atoms with van der Waals surface area (Å²) in [5.74, 6) is -0.782. The van der Waals surface area contributed by atoms with Crippen LogP contribution in [0.1, 0.15) is 0 Å². The van der Waals surface area contributed by atoms with Crippen molar-refractivity contribution in [1.82, 2.24) is 4.98 Å². The molecular formula is C10H6ClNO3. The number of halogens is 1. The van der Waals surface area contributed by atoms with Gasteiger partial charge < -0.3 is 4.42 Å². The molecule has 0 spiro atoms. The van der Waals surface area contributed by atoms with Gasteiger partial charge in [-0.15, -0.1) is 0 Å². The molecule has 1 aromatic carbocycles. The fourth-order valence-electron chi connectivity index (χ4n) is 1.23. The van der Waals surface area contributed by atoms with Gasteiger partial charge >= 0.3 is 11.4 Å². The first-order valence-electron chi connectivity index (χ1n) is 4.16. The lowest BCUT2D eigenvalue weighted by atomic mass is 10.1. The Morgan fingerprint density at radius 1 is 1.13 bits per heavy atom. The van der Waals surface area contributed by atoms with Crippen LogP contribution in [0, 0.1) is 0 Å². The lowest BCUT2D eigenvalue weighted by Gasteiger charge is -2.00. The summed E-state index contributed by atoms with van der Waals surface area (Å²) in [5, 5.41) is 0.428. The molecule has 0 radical (unpaired) electrons. The number of hydrogen-bond acceptors (Lipinski definition) is 3. The van der Waals surface area contributed by atoms with E-state index in [2.05, 4.69) is 9.40 Å². The number of aromatic amines is 1. The molecule has 2 aromatic rings. The van der Waals surface area contributed by atoms with E-state index in [1.807, 2.05) is 0 Å². The largest absolute Gasteiger partial charge is 0.419 e. The first-order valence-corrected chi connectivity index (χ1v) is 4.54. The van der Waals surface area contributed by atoms with Crippen molar-refractivity contribution in [2.45, 2.75) is 0 Å². The molecule has 0 bridgehead atoms. The Hall–Kier alpha value is -1.81. The maximum atomic E-state index is 11.3. The Morgan fingerprint density at radius 3 is 2.53 bits per heavy atom. The molecule has 2 rings (SSSR count). The predicted octanol–water partition coefficient (Wildman–Crippen LogP) is 1.65. The third-order valence-electron chi connectivity index (χ3n) is 1.90. The standard InChI is InChI=1S/C10H6ClNO3/c11-8-4-2-1-3-6(8)7-5-12-10(14)15-9(7)13/h1-5H,(H,12,14). The number of hydrogen-bond donors (Lipinski definition) is 1. The van der Waals surface area contributed by atoms with Gasteiger partial charge in [-0.1, -0.05) is 29.8 Å². The zero-order valence-electron chi connectivity index (χ0n) is 7.49. The van der Waals surface area contributed by atoms with Crippen LogP contribution in [-0.4, -0.2) is 4.98 Å². The molecule has 1 N–H and O–H groups in total. The van der Waals surface area contributed by atoms with Crippen molar-refractivity contribution in [3.05, 3.63) is 56.5 Å². The van der Waals surface area contributed by atoms with Crippen LogP contribution in [-0.2, 0) is 0 Å². The van der Waals surface area contributed by atoms with Gasteiger partial charge in [0.25, 0.3) is 0 Å². The van der Waals surface area contributed by atoms with Gasteiger partial charge in [0.15, 0.2) is 0 Å². The number of H-pyrrole nitrogens is 1. The first kappa shape index (κ1) is 9.73. The molecule has 0 saturated heterocycles. The minimum atomic E-state index is -0.782. The number of rotatable bonds is 1. The zero-order chi connectivity index (χ0) is 10.8. The van der Waals surface area contributed by atoms with Gasteiger partial charge in [-0.2, -0.15) is 0 Å². The average Bonchev–Trinajstić information content (AvgIpc) is 2.20. The molecule has 0 atom stereocenters. The summed E-state index contributed by atoms with van der Waals surface area (Å²) >= 11 is 5.90. The van der Waals surface area contributed by atoms with Gasteiger partial charge in [0.05, 0.1) is 5.56 Å². The monoisotopic (exact) mass is 223 g/mol. The van der Waals surface area contributed by atoms with E-state index in [0.717, 1.165) is 0 Å². The number of aromatic nitrogens is 1. The molecule has 0 fully saturated rings. The summed E-state index contributed by atoms with van der Waals surface area (Å²) in [6.45, 7) is 0. The highest BCUT2D eigenvalue weighted by Gasteiger charge is 2.08. The van der Waals surface area contributed by atoms with Gasteiger partial charge in [0.2, 0.25) is 0 Å². The molecule has 0 aliphatic carbocycles. The molecule has 0 aliphatic rings. The van der Waals surface area contributed by atoms with E-state index in [1.165, 1.54) is 6.20 Å². The van der Waals surface area contributed by atoms with Crippen molar-refractivity contribution in [2.24, 2.45) is 0 Å². The summed E-state index contributed by atoms with van der Waals surface area (Å²) in [4.78, 5) is 24.3. The minimum Gasteiger partial charge on any atom is -0.372 e. The highest BCUT2D eigenvalue weighted by Crippen LogP contribution is 2.23. The van der Waals surface area contributed by atoms with Gasteiger partial charge in [-0.25, -0.2) is 9.59 Å². The van der Waals surface area contributed by atoms with Crippen molar-refractivity contribution in [2.75, 3.05) is 0 Å². The van der Waals surface area contributed by atoms with Crippen LogP contribution in [0.5, 0.6) is 0 Å². The zero-order valence-corrected chi connectivity index (χ0v) is 8.25. The van der Waals surface area contributed by atoms with E-state index < -0.39 is 11.4 Å². The second-order valence-corrected chi connectivity index (χ2v) is 3.27. The highest BCUT2D eigenvalue weighted by atomic mass is 35.5. The molecule has 0 unspecified atom stereocenters. The lowest BCUT2D eigenvalue weighted by Crippen LogP contribution is -2.15. The maximum Gasteiger partial charge on any atom is 0.419 e. The topological polar surface area (TPSA) is 63.1 Å². The normalized spacial score (nSPS) is 10.2. The van der Waals surface area contributed by atoms with Crippen LogP contribution in [0.2, 0.25) is 5.02 Å². The van der Waals surface area contributed by atoms with Crippen LogP contribution in [0.25, 0.3) is 11.1 Å². The van der Waals surface area contributed by atoms with E-state index in [0.29, 0.717) is 10.6 Å². The number of benzene rings is 1. The van der Waals surface area contributed by atoms with Gasteiger partial charge in [-0.05, 0) is 6.07 Å². The first-order chi connectivity index (χ1) is 7.18. The van der Waals surface area contributed by atoms with E-state index in [9.17, 15) is 9.59 Å². The molecule has 5 heteroatoms. The van der Waals surface area contributed by atoms with Crippen molar-refractivity contribution in [3.8, 4) is 11.1 Å². The Morgan fingerprint density at radius 2 is 1.87 bits per heavy atom. The Bertz CT molecular complexity index is 600. The molecular weight excluding hydrogens is 218 g/mol. The number of nitrogens with one attached hydrogen (secondary N) is 1. The van der Waals surface area contributed by atoms with Gasteiger partial charge in [-0.3, -0.25) is 4.98 Å². The second-order valence-electron chi connectivity index (χ2n) is 2.86. The van der Waals surface area contributed by atoms with E-state index in [4.69, 9.17) is 11.6 Å². The molecule has 1 aromatic heterocycles. The second kappa shape index (κ2) is 3.74. The highest BCUT2D eigenvalue weighted by molar-refractivity contribution is 6.33. The molecule has 0 aliphatic heterocycles. The maximum absolute atomic E-state index is 11.3. The lowest BCUT2D eigenvalue weighted by molar-refractivity contribution is 0.452. The summed E-state index contributed by atoms with van der Waals surface area (Å²) in [7, 11) is 0. The van der Waals surface area contributed by atoms with Crippen LogP contribution >= 0.6 is 11.6 Å². The molecule has 0 saturated carbocycles. The van der Waals surface area contributed by atoms with E-state index in [-0.39, 0.29) is 5.56 Å². The van der Waals surface area contributed by atoms with Crippen LogP contribution < -0.4 is 11.4 Å². The quantitative estimate of drug-likeness (QED) is 0.800. The van der Waals surface area contributed by atoms with Crippen LogP contribution in [0.15, 0.2) is 44.5 Å². The predicted molar refractivity (Wildman–Crippen MR) is 56.0 cm³/mol. The summed E-state index contributed by atoms with van der Waals surface area (Å²) in [6.07, 6.45) is 1.29. The molecule has 15 heavy (non-hydrogen) atoms. The van der Waals surface area contributed by atoms with Crippen molar-refractivity contribution < 1.29 is 4.42 Å². The summed E-state index contributed by atoms with van der Waals surface area (Å²) in [5.41, 5.74) is 0.0659. The van der Waals surface area contributed by atoms with Crippen molar-refractivity contribution in [3.63, 3.8) is 0 Å². The van der Waals surface area contributed by atoms with Crippen LogP contribution in [0.3, 0.4) is 0 Å². The van der Waals surface area contributed by atoms with E-state index >= 15 is 0 Å². The van der Waals surface area contributed by atoms with Gasteiger partial charge in [0, 0.05) is 16.8 Å².